The monoisotopic (exact) mass is 185 g/mol. The van der Waals surface area contributed by atoms with Crippen molar-refractivity contribution in [1.82, 2.24) is 5.32 Å². The molecule has 0 bridgehead atoms. The summed E-state index contributed by atoms with van der Waals surface area (Å²) in [6.07, 6.45) is 2.56. The molecule has 0 radical (unpaired) electrons. The summed E-state index contributed by atoms with van der Waals surface area (Å²) in [7, 11) is 0. The predicted molar refractivity (Wildman–Crippen MR) is 61.0 cm³/mol. The molecule has 0 rings (SSSR count). The smallest absolute Gasteiger partial charge is 0.0199 e. The van der Waals surface area contributed by atoms with Gasteiger partial charge >= 0.3 is 0 Å². The standard InChI is InChI=1S/C12H27N/c1-7-8-9-13-12(6,10(2)3)11(4)5/h10-11,13H,7-9H2,1-6H3. The minimum atomic E-state index is 0.301. The van der Waals surface area contributed by atoms with Crippen LogP contribution in [-0.2, 0) is 0 Å². The molecular weight excluding hydrogens is 158 g/mol. The van der Waals surface area contributed by atoms with Gasteiger partial charge in [-0.2, -0.15) is 0 Å². The third-order valence-electron chi connectivity index (χ3n) is 3.43. The second kappa shape index (κ2) is 5.64. The van der Waals surface area contributed by atoms with Gasteiger partial charge in [-0.05, 0) is 31.7 Å². The zero-order valence-corrected chi connectivity index (χ0v) is 10.3. The molecule has 0 spiro atoms. The predicted octanol–water partition coefficient (Wildman–Crippen LogP) is 3.45. The van der Waals surface area contributed by atoms with Crippen molar-refractivity contribution < 1.29 is 0 Å². The first-order chi connectivity index (χ1) is 5.95. The molecule has 13 heavy (non-hydrogen) atoms. The van der Waals surface area contributed by atoms with E-state index in [1.54, 1.807) is 0 Å². The van der Waals surface area contributed by atoms with Crippen molar-refractivity contribution in [3.8, 4) is 0 Å². The van der Waals surface area contributed by atoms with Crippen molar-refractivity contribution in [1.29, 1.82) is 0 Å². The fraction of sp³-hybridized carbons (Fsp3) is 1.00. The van der Waals surface area contributed by atoms with Crippen LogP contribution in [0.1, 0.15) is 54.4 Å². The molecule has 0 fully saturated rings. The van der Waals surface area contributed by atoms with Crippen molar-refractivity contribution in [2.75, 3.05) is 6.54 Å². The van der Waals surface area contributed by atoms with Crippen LogP contribution in [0.15, 0.2) is 0 Å². The van der Waals surface area contributed by atoms with Crippen LogP contribution < -0.4 is 5.32 Å². The Labute approximate surface area is 84.3 Å². The first-order valence-corrected chi connectivity index (χ1v) is 5.70. The number of hydrogen-bond acceptors (Lipinski definition) is 1. The normalized spacial score (nSPS) is 12.9. The van der Waals surface area contributed by atoms with Gasteiger partial charge in [-0.15, -0.1) is 0 Å². The highest BCUT2D eigenvalue weighted by Crippen LogP contribution is 2.25. The molecule has 1 N–H and O–H groups in total. The van der Waals surface area contributed by atoms with Crippen LogP contribution in [0.3, 0.4) is 0 Å². The molecule has 80 valence electrons. The zero-order chi connectivity index (χ0) is 10.5. The van der Waals surface area contributed by atoms with E-state index in [1.807, 2.05) is 0 Å². The molecule has 0 aromatic rings. The second-order valence-corrected chi connectivity index (χ2v) is 4.87. The lowest BCUT2D eigenvalue weighted by Gasteiger charge is -2.39. The third kappa shape index (κ3) is 3.68. The molecule has 0 aromatic heterocycles. The number of rotatable bonds is 6. The van der Waals surface area contributed by atoms with E-state index in [4.69, 9.17) is 0 Å². The van der Waals surface area contributed by atoms with E-state index in [1.165, 1.54) is 12.8 Å². The molecular formula is C12H27N. The van der Waals surface area contributed by atoms with Crippen LogP contribution in [0, 0.1) is 11.8 Å². The molecule has 0 unspecified atom stereocenters. The molecule has 0 heterocycles. The molecule has 0 aromatic carbocycles. The molecule has 1 nitrogen and oxygen atoms in total. The Bertz CT molecular complexity index is 119. The Hall–Kier alpha value is -0.0400. The SMILES string of the molecule is CCCCNC(C)(C(C)C)C(C)C. The lowest BCUT2D eigenvalue weighted by Crippen LogP contribution is -2.51. The Balaban J connectivity index is 4.09. The van der Waals surface area contributed by atoms with Crippen LogP contribution in [0.5, 0.6) is 0 Å². The Kier molecular flexibility index (Phi) is 5.62. The summed E-state index contributed by atoms with van der Waals surface area (Å²) in [5.74, 6) is 1.40. The van der Waals surface area contributed by atoms with E-state index in [9.17, 15) is 0 Å². The van der Waals surface area contributed by atoms with Gasteiger partial charge in [0.2, 0.25) is 0 Å². The molecule has 1 heteroatoms. The van der Waals surface area contributed by atoms with Crippen molar-refractivity contribution in [2.24, 2.45) is 11.8 Å². The lowest BCUT2D eigenvalue weighted by molar-refractivity contribution is 0.186. The summed E-state index contributed by atoms with van der Waals surface area (Å²) in [6.45, 7) is 15.0. The highest BCUT2D eigenvalue weighted by molar-refractivity contribution is 4.88. The number of hydrogen-bond donors (Lipinski definition) is 1. The van der Waals surface area contributed by atoms with E-state index < -0.39 is 0 Å². The highest BCUT2D eigenvalue weighted by atomic mass is 15.0. The summed E-state index contributed by atoms with van der Waals surface area (Å²) in [4.78, 5) is 0. The van der Waals surface area contributed by atoms with Gasteiger partial charge in [0, 0.05) is 5.54 Å². The highest BCUT2D eigenvalue weighted by Gasteiger charge is 2.30. The fourth-order valence-electron chi connectivity index (χ4n) is 1.61. The molecule has 0 saturated heterocycles. The van der Waals surface area contributed by atoms with Crippen LogP contribution >= 0.6 is 0 Å². The van der Waals surface area contributed by atoms with Gasteiger partial charge < -0.3 is 5.32 Å². The maximum absolute atomic E-state index is 3.70. The van der Waals surface area contributed by atoms with Gasteiger partial charge in [-0.1, -0.05) is 41.0 Å². The van der Waals surface area contributed by atoms with Gasteiger partial charge in [0.1, 0.15) is 0 Å². The topological polar surface area (TPSA) is 12.0 Å². The van der Waals surface area contributed by atoms with Crippen LogP contribution in [0.4, 0.5) is 0 Å². The molecule has 0 aliphatic heterocycles. The van der Waals surface area contributed by atoms with Crippen molar-refractivity contribution in [3.63, 3.8) is 0 Å². The quantitative estimate of drug-likeness (QED) is 0.625. The Morgan fingerprint density at radius 1 is 1.08 bits per heavy atom. The molecule has 0 saturated carbocycles. The molecule has 0 aliphatic rings. The van der Waals surface area contributed by atoms with Gasteiger partial charge in [-0.3, -0.25) is 0 Å². The van der Waals surface area contributed by atoms with E-state index in [0.29, 0.717) is 17.4 Å². The van der Waals surface area contributed by atoms with Crippen LogP contribution in [-0.4, -0.2) is 12.1 Å². The summed E-state index contributed by atoms with van der Waals surface area (Å²) >= 11 is 0. The maximum atomic E-state index is 3.70. The average Bonchev–Trinajstić information content (AvgIpc) is 2.03. The van der Waals surface area contributed by atoms with Crippen molar-refractivity contribution in [3.05, 3.63) is 0 Å². The van der Waals surface area contributed by atoms with Crippen molar-refractivity contribution in [2.45, 2.75) is 59.9 Å². The molecule has 0 amide bonds. The Morgan fingerprint density at radius 2 is 1.54 bits per heavy atom. The largest absolute Gasteiger partial charge is 0.311 e. The first kappa shape index (κ1) is 13.0. The summed E-state index contributed by atoms with van der Waals surface area (Å²) in [6, 6.07) is 0. The van der Waals surface area contributed by atoms with Crippen molar-refractivity contribution >= 4 is 0 Å². The van der Waals surface area contributed by atoms with E-state index in [-0.39, 0.29) is 0 Å². The summed E-state index contributed by atoms with van der Waals surface area (Å²) in [5.41, 5.74) is 0.301. The number of nitrogens with one attached hydrogen (secondary N) is 1. The van der Waals surface area contributed by atoms with Crippen LogP contribution in [0.25, 0.3) is 0 Å². The molecule has 0 atom stereocenters. The van der Waals surface area contributed by atoms with E-state index in [0.717, 1.165) is 6.54 Å². The minimum Gasteiger partial charge on any atom is -0.311 e. The lowest BCUT2D eigenvalue weighted by atomic mass is 9.78. The maximum Gasteiger partial charge on any atom is 0.0199 e. The first-order valence-electron chi connectivity index (χ1n) is 5.70. The van der Waals surface area contributed by atoms with Gasteiger partial charge in [0.05, 0.1) is 0 Å². The van der Waals surface area contributed by atoms with E-state index >= 15 is 0 Å². The number of unbranched alkanes of at least 4 members (excludes halogenated alkanes) is 1. The summed E-state index contributed by atoms with van der Waals surface area (Å²) < 4.78 is 0. The van der Waals surface area contributed by atoms with E-state index in [2.05, 4.69) is 46.9 Å². The average molecular weight is 185 g/mol. The summed E-state index contributed by atoms with van der Waals surface area (Å²) in [5, 5.41) is 3.70. The minimum absolute atomic E-state index is 0.301. The van der Waals surface area contributed by atoms with Crippen LogP contribution in [0.2, 0.25) is 0 Å². The third-order valence-corrected chi connectivity index (χ3v) is 3.43. The van der Waals surface area contributed by atoms with Gasteiger partial charge in [-0.25, -0.2) is 0 Å². The Morgan fingerprint density at radius 3 is 1.85 bits per heavy atom. The van der Waals surface area contributed by atoms with Gasteiger partial charge in [0.15, 0.2) is 0 Å². The van der Waals surface area contributed by atoms with Gasteiger partial charge in [0.25, 0.3) is 0 Å². The molecule has 0 aliphatic carbocycles. The fourth-order valence-corrected chi connectivity index (χ4v) is 1.61. The second-order valence-electron chi connectivity index (χ2n) is 4.87. The zero-order valence-electron chi connectivity index (χ0n) is 10.3.